The average Bonchev–Trinajstić information content (AvgIpc) is 2.58. The van der Waals surface area contributed by atoms with Gasteiger partial charge in [0.05, 0.1) is 0 Å². The lowest BCUT2D eigenvalue weighted by atomic mass is 9.72. The molecule has 0 bridgehead atoms. The third-order valence-corrected chi connectivity index (χ3v) is 5.95. The molecule has 0 radical (unpaired) electrons. The van der Waals surface area contributed by atoms with Gasteiger partial charge in [0.15, 0.2) is 0 Å². The molecule has 142 valence electrons. The van der Waals surface area contributed by atoms with Gasteiger partial charge in [-0.2, -0.15) is 0 Å². The van der Waals surface area contributed by atoms with Crippen molar-refractivity contribution in [3.05, 3.63) is 12.2 Å². The number of allylic oxidation sites excluding steroid dienone is 2. The second kappa shape index (κ2) is 13.6. The summed E-state index contributed by atoms with van der Waals surface area (Å²) in [5, 5.41) is 0. The molecule has 0 saturated heterocycles. The van der Waals surface area contributed by atoms with Crippen molar-refractivity contribution < 1.29 is 0 Å². The zero-order chi connectivity index (χ0) is 16.3. The average molecular weight is 335 g/mol. The Morgan fingerprint density at radius 1 is 0.792 bits per heavy atom. The van der Waals surface area contributed by atoms with Gasteiger partial charge < -0.3 is 0 Å². The molecular formula is C24H46. The molecule has 0 spiro atoms. The summed E-state index contributed by atoms with van der Waals surface area (Å²) in [6.07, 6.45) is 21.3. The van der Waals surface area contributed by atoms with E-state index in [1.807, 2.05) is 6.92 Å². The maximum Gasteiger partial charge on any atom is 0.0312 e. The van der Waals surface area contributed by atoms with E-state index in [0.717, 1.165) is 0 Å². The van der Waals surface area contributed by atoms with Gasteiger partial charge in [-0.25, -0.2) is 0 Å². The van der Waals surface area contributed by atoms with E-state index < -0.39 is 0 Å². The summed E-state index contributed by atoms with van der Waals surface area (Å²) in [6.45, 7) is 8.71. The predicted octanol–water partition coefficient (Wildman–Crippen LogP) is 8.57. The smallest absolute Gasteiger partial charge is 0.0312 e. The molecule has 2 aliphatic carbocycles. The standard InChI is InChI=1S/C11H20.C11H18.2CH4/c2*1-3-8-11(4-2)9-6-5-7-10-11;;/h3,8H,4-7,9-10H2,1-2H3;4-7,9-10H2,1-2H3;2*1H4/b8-3+;;;. The molecule has 0 heteroatoms. The van der Waals surface area contributed by atoms with Crippen molar-refractivity contribution in [1.29, 1.82) is 0 Å². The molecule has 0 nitrogen and oxygen atoms in total. The Kier molecular flexibility index (Phi) is 14.4. The maximum absolute atomic E-state index is 3.40. The molecule has 2 aliphatic rings. The highest BCUT2D eigenvalue weighted by Crippen LogP contribution is 2.40. The Hall–Kier alpha value is -0.700. The van der Waals surface area contributed by atoms with Gasteiger partial charge in [-0.15, -0.1) is 5.92 Å². The van der Waals surface area contributed by atoms with Crippen LogP contribution in [0.4, 0.5) is 0 Å². The van der Waals surface area contributed by atoms with Crippen LogP contribution in [0.15, 0.2) is 12.2 Å². The zero-order valence-electron chi connectivity index (χ0n) is 15.6. The van der Waals surface area contributed by atoms with Crippen LogP contribution < -0.4 is 0 Å². The van der Waals surface area contributed by atoms with Crippen LogP contribution in [0.5, 0.6) is 0 Å². The first-order chi connectivity index (χ1) is 10.7. The first-order valence-electron chi connectivity index (χ1n) is 9.73. The summed E-state index contributed by atoms with van der Waals surface area (Å²) in [5.41, 5.74) is 1.00. The normalized spacial score (nSPS) is 21.2. The first kappa shape index (κ1) is 25.5. The van der Waals surface area contributed by atoms with Crippen LogP contribution in [0.3, 0.4) is 0 Å². The van der Waals surface area contributed by atoms with Crippen LogP contribution in [-0.2, 0) is 0 Å². The second-order valence-electron chi connectivity index (χ2n) is 7.35. The Morgan fingerprint density at radius 3 is 1.67 bits per heavy atom. The summed E-state index contributed by atoms with van der Waals surface area (Å²) in [6, 6.07) is 0. The fourth-order valence-corrected chi connectivity index (χ4v) is 4.31. The number of rotatable bonds is 3. The summed E-state index contributed by atoms with van der Waals surface area (Å²) in [4.78, 5) is 0. The summed E-state index contributed by atoms with van der Waals surface area (Å²) < 4.78 is 0. The van der Waals surface area contributed by atoms with Crippen molar-refractivity contribution in [3.8, 4) is 11.8 Å². The predicted molar refractivity (Wildman–Crippen MR) is 113 cm³/mol. The molecule has 0 aromatic carbocycles. The van der Waals surface area contributed by atoms with Gasteiger partial charge in [-0.1, -0.05) is 85.3 Å². The van der Waals surface area contributed by atoms with E-state index in [4.69, 9.17) is 0 Å². The fourth-order valence-electron chi connectivity index (χ4n) is 4.31. The molecule has 0 N–H and O–H groups in total. The van der Waals surface area contributed by atoms with Gasteiger partial charge in [0, 0.05) is 5.41 Å². The van der Waals surface area contributed by atoms with Crippen molar-refractivity contribution in [1.82, 2.24) is 0 Å². The summed E-state index contributed by atoms with van der Waals surface area (Å²) in [7, 11) is 0. The minimum absolute atomic E-state index is 0. The second-order valence-corrected chi connectivity index (χ2v) is 7.35. The van der Waals surface area contributed by atoms with Crippen LogP contribution >= 0.6 is 0 Å². The highest BCUT2D eigenvalue weighted by Gasteiger charge is 2.27. The molecule has 0 heterocycles. The van der Waals surface area contributed by atoms with Gasteiger partial charge in [-0.3, -0.25) is 0 Å². The molecule has 0 aromatic rings. The van der Waals surface area contributed by atoms with Gasteiger partial charge in [0.2, 0.25) is 0 Å². The van der Waals surface area contributed by atoms with Crippen molar-refractivity contribution in [2.75, 3.05) is 0 Å². The number of hydrogen-bond donors (Lipinski definition) is 0. The van der Waals surface area contributed by atoms with E-state index in [2.05, 4.69) is 44.8 Å². The van der Waals surface area contributed by atoms with Gasteiger partial charge in [0.25, 0.3) is 0 Å². The van der Waals surface area contributed by atoms with Gasteiger partial charge >= 0.3 is 0 Å². The maximum atomic E-state index is 3.40. The van der Waals surface area contributed by atoms with Crippen LogP contribution in [0.2, 0.25) is 0 Å². The Labute approximate surface area is 154 Å². The molecular weight excluding hydrogens is 288 g/mol. The van der Waals surface area contributed by atoms with E-state index in [-0.39, 0.29) is 14.9 Å². The highest BCUT2D eigenvalue weighted by atomic mass is 14.3. The SMILES string of the molecule is C.C.C/C=C/C1(CC)CCCCC1.CC#CC1(CC)CCCCC1. The minimum atomic E-state index is 0. The molecule has 2 saturated carbocycles. The van der Waals surface area contributed by atoms with Crippen molar-refractivity contribution in [2.45, 2.75) is 120 Å². The topological polar surface area (TPSA) is 0 Å². The van der Waals surface area contributed by atoms with Crippen molar-refractivity contribution >= 4 is 0 Å². The highest BCUT2D eigenvalue weighted by molar-refractivity contribution is 5.10. The van der Waals surface area contributed by atoms with Crippen LogP contribution in [0, 0.1) is 22.7 Å². The van der Waals surface area contributed by atoms with E-state index in [9.17, 15) is 0 Å². The molecule has 0 aromatic heterocycles. The van der Waals surface area contributed by atoms with Crippen LogP contribution in [0.25, 0.3) is 0 Å². The van der Waals surface area contributed by atoms with E-state index in [0.29, 0.717) is 10.8 Å². The molecule has 24 heavy (non-hydrogen) atoms. The third kappa shape index (κ3) is 7.92. The lowest BCUT2D eigenvalue weighted by molar-refractivity contribution is 0.248. The monoisotopic (exact) mass is 334 g/mol. The molecule has 0 unspecified atom stereocenters. The van der Waals surface area contributed by atoms with Crippen LogP contribution in [-0.4, -0.2) is 0 Å². The Morgan fingerprint density at radius 2 is 1.29 bits per heavy atom. The van der Waals surface area contributed by atoms with Gasteiger partial charge in [-0.05, 0) is 57.8 Å². The summed E-state index contributed by atoms with van der Waals surface area (Å²) in [5.74, 6) is 6.48. The van der Waals surface area contributed by atoms with Crippen molar-refractivity contribution in [2.24, 2.45) is 10.8 Å². The van der Waals surface area contributed by atoms with Gasteiger partial charge in [0.1, 0.15) is 0 Å². The van der Waals surface area contributed by atoms with E-state index in [1.54, 1.807) is 0 Å². The molecule has 2 fully saturated rings. The Balaban J connectivity index is 0. The Bertz CT molecular complexity index is 365. The van der Waals surface area contributed by atoms with E-state index >= 15 is 0 Å². The number of hydrogen-bond acceptors (Lipinski definition) is 0. The summed E-state index contributed by atoms with van der Waals surface area (Å²) >= 11 is 0. The first-order valence-corrected chi connectivity index (χ1v) is 9.73. The quantitative estimate of drug-likeness (QED) is 0.358. The molecule has 0 aliphatic heterocycles. The molecule has 0 atom stereocenters. The lowest BCUT2D eigenvalue weighted by Crippen LogP contribution is -2.20. The lowest BCUT2D eigenvalue weighted by Gasteiger charge is -2.33. The minimum Gasteiger partial charge on any atom is -0.106 e. The molecule has 0 amide bonds. The fraction of sp³-hybridized carbons (Fsp3) is 0.833. The van der Waals surface area contributed by atoms with Crippen molar-refractivity contribution in [3.63, 3.8) is 0 Å². The molecule has 2 rings (SSSR count). The van der Waals surface area contributed by atoms with E-state index in [1.165, 1.54) is 77.0 Å². The largest absolute Gasteiger partial charge is 0.106 e. The van der Waals surface area contributed by atoms with Crippen LogP contribution in [0.1, 0.15) is 120 Å². The third-order valence-electron chi connectivity index (χ3n) is 5.95. The zero-order valence-corrected chi connectivity index (χ0v) is 15.6.